The molecule has 3 rings (SSSR count). The van der Waals surface area contributed by atoms with Gasteiger partial charge in [0.25, 0.3) is 5.91 Å². The Morgan fingerprint density at radius 2 is 1.78 bits per heavy atom. The van der Waals surface area contributed by atoms with Crippen LogP contribution in [-0.4, -0.2) is 25.7 Å². The summed E-state index contributed by atoms with van der Waals surface area (Å²) in [5.41, 5.74) is 5.22. The molecule has 0 aliphatic carbocycles. The van der Waals surface area contributed by atoms with E-state index in [-0.39, 0.29) is 5.91 Å². The van der Waals surface area contributed by atoms with E-state index < -0.39 is 0 Å². The van der Waals surface area contributed by atoms with Crippen molar-refractivity contribution in [2.75, 3.05) is 19.8 Å². The Morgan fingerprint density at radius 1 is 1.06 bits per heavy atom. The number of ether oxygens (including phenoxy) is 1. The van der Waals surface area contributed by atoms with E-state index in [1.54, 1.807) is 23.9 Å². The van der Waals surface area contributed by atoms with Gasteiger partial charge in [-0.15, -0.1) is 0 Å². The van der Waals surface area contributed by atoms with Crippen LogP contribution in [0.1, 0.15) is 39.5 Å². The molecule has 0 spiro atoms. The fraction of sp³-hybridized carbons (Fsp3) is 0.185. The SMILES string of the molecule is C=C(c1ccc(C#N)cc1)c1ccccc1Sc1ccc(C(=O)NCCOCC)cc1C. The summed E-state index contributed by atoms with van der Waals surface area (Å²) in [5.74, 6) is -0.0982. The lowest BCUT2D eigenvalue weighted by Gasteiger charge is -2.14. The van der Waals surface area contributed by atoms with Crippen molar-refractivity contribution in [2.24, 2.45) is 0 Å². The molecule has 0 fully saturated rings. The Bertz CT molecular complexity index is 1150. The molecule has 1 N–H and O–H groups in total. The maximum absolute atomic E-state index is 12.4. The van der Waals surface area contributed by atoms with Gasteiger partial charge in [0.15, 0.2) is 0 Å². The summed E-state index contributed by atoms with van der Waals surface area (Å²) in [4.78, 5) is 14.5. The number of nitriles is 1. The molecule has 3 aromatic carbocycles. The first kappa shape index (κ1) is 23.3. The molecule has 0 unspecified atom stereocenters. The predicted molar refractivity (Wildman–Crippen MR) is 130 cm³/mol. The van der Waals surface area contributed by atoms with E-state index in [1.165, 1.54) is 0 Å². The van der Waals surface area contributed by atoms with E-state index in [9.17, 15) is 4.79 Å². The van der Waals surface area contributed by atoms with Crippen molar-refractivity contribution >= 4 is 23.2 Å². The zero-order valence-corrected chi connectivity index (χ0v) is 19.2. The topological polar surface area (TPSA) is 62.1 Å². The number of nitrogens with zero attached hydrogens (tertiary/aromatic N) is 1. The first-order valence-electron chi connectivity index (χ1n) is 10.5. The molecular formula is C27H26N2O2S. The van der Waals surface area contributed by atoms with Crippen LogP contribution < -0.4 is 5.32 Å². The Kier molecular flexibility index (Phi) is 8.27. The van der Waals surface area contributed by atoms with Crippen LogP contribution in [0.5, 0.6) is 0 Å². The van der Waals surface area contributed by atoms with Gasteiger partial charge in [0, 0.05) is 28.5 Å². The Morgan fingerprint density at radius 3 is 2.47 bits per heavy atom. The minimum absolute atomic E-state index is 0.0982. The van der Waals surface area contributed by atoms with Crippen LogP contribution in [0, 0.1) is 18.3 Å². The highest BCUT2D eigenvalue weighted by Crippen LogP contribution is 2.37. The van der Waals surface area contributed by atoms with Crippen LogP contribution in [0.2, 0.25) is 0 Å². The summed E-state index contributed by atoms with van der Waals surface area (Å²) in [5, 5.41) is 11.9. The molecule has 4 nitrogen and oxygen atoms in total. The minimum atomic E-state index is -0.0982. The van der Waals surface area contributed by atoms with E-state index in [0.29, 0.717) is 30.9 Å². The van der Waals surface area contributed by atoms with Crippen LogP contribution in [0.25, 0.3) is 5.57 Å². The molecule has 0 bridgehead atoms. The molecule has 3 aromatic rings. The van der Waals surface area contributed by atoms with Gasteiger partial charge in [-0.05, 0) is 72.5 Å². The van der Waals surface area contributed by atoms with Crippen LogP contribution >= 0.6 is 11.8 Å². The highest BCUT2D eigenvalue weighted by Gasteiger charge is 2.12. The molecular weight excluding hydrogens is 416 g/mol. The van der Waals surface area contributed by atoms with Crippen molar-refractivity contribution in [3.63, 3.8) is 0 Å². The van der Waals surface area contributed by atoms with Gasteiger partial charge in [-0.1, -0.05) is 48.7 Å². The number of carbonyl (C=O) groups excluding carboxylic acids is 1. The molecule has 0 atom stereocenters. The van der Waals surface area contributed by atoms with Gasteiger partial charge in [-0.25, -0.2) is 0 Å². The first-order valence-corrected chi connectivity index (χ1v) is 11.3. The van der Waals surface area contributed by atoms with Crippen LogP contribution in [0.4, 0.5) is 0 Å². The summed E-state index contributed by atoms with van der Waals surface area (Å²) in [7, 11) is 0. The predicted octanol–water partition coefficient (Wildman–Crippen LogP) is 5.85. The number of hydrogen-bond donors (Lipinski definition) is 1. The second-order valence-electron chi connectivity index (χ2n) is 7.20. The normalized spacial score (nSPS) is 10.4. The molecule has 0 aliphatic heterocycles. The Labute approximate surface area is 193 Å². The summed E-state index contributed by atoms with van der Waals surface area (Å²) in [6.07, 6.45) is 0. The minimum Gasteiger partial charge on any atom is -0.380 e. The second kappa shape index (κ2) is 11.3. The zero-order valence-electron chi connectivity index (χ0n) is 18.4. The van der Waals surface area contributed by atoms with Crippen molar-refractivity contribution in [3.8, 4) is 6.07 Å². The summed E-state index contributed by atoms with van der Waals surface area (Å²) >= 11 is 1.65. The van der Waals surface area contributed by atoms with Gasteiger partial charge in [-0.2, -0.15) is 5.26 Å². The molecule has 0 saturated carbocycles. The first-order chi connectivity index (χ1) is 15.5. The van der Waals surface area contributed by atoms with E-state index in [2.05, 4.69) is 30.1 Å². The summed E-state index contributed by atoms with van der Waals surface area (Å²) in [6, 6.07) is 23.5. The fourth-order valence-electron chi connectivity index (χ4n) is 3.21. The van der Waals surface area contributed by atoms with E-state index >= 15 is 0 Å². The van der Waals surface area contributed by atoms with Gasteiger partial charge < -0.3 is 10.1 Å². The average Bonchev–Trinajstić information content (AvgIpc) is 2.83. The molecule has 0 aromatic heterocycles. The quantitative estimate of drug-likeness (QED) is 0.423. The molecule has 0 heterocycles. The molecule has 162 valence electrons. The summed E-state index contributed by atoms with van der Waals surface area (Å²) in [6.45, 7) is 9.88. The maximum atomic E-state index is 12.4. The van der Waals surface area contributed by atoms with E-state index in [0.717, 1.165) is 32.1 Å². The van der Waals surface area contributed by atoms with Gasteiger partial charge in [0.2, 0.25) is 0 Å². The number of nitrogens with one attached hydrogen (secondary N) is 1. The number of carbonyl (C=O) groups is 1. The summed E-state index contributed by atoms with van der Waals surface area (Å²) < 4.78 is 5.26. The van der Waals surface area contributed by atoms with Crippen molar-refractivity contribution < 1.29 is 9.53 Å². The Hall–Kier alpha value is -3.33. The molecule has 0 aliphatic rings. The third kappa shape index (κ3) is 5.88. The number of rotatable bonds is 9. The second-order valence-corrected chi connectivity index (χ2v) is 8.28. The van der Waals surface area contributed by atoms with Crippen molar-refractivity contribution in [2.45, 2.75) is 23.6 Å². The van der Waals surface area contributed by atoms with Crippen LogP contribution in [0.3, 0.4) is 0 Å². The fourth-order valence-corrected chi connectivity index (χ4v) is 4.25. The van der Waals surface area contributed by atoms with Crippen LogP contribution in [-0.2, 0) is 4.74 Å². The molecule has 0 saturated heterocycles. The van der Waals surface area contributed by atoms with Gasteiger partial charge in [0.05, 0.1) is 18.2 Å². The third-order valence-electron chi connectivity index (χ3n) is 4.97. The van der Waals surface area contributed by atoms with E-state index in [4.69, 9.17) is 10.00 Å². The lowest BCUT2D eigenvalue weighted by molar-refractivity contribution is 0.0922. The monoisotopic (exact) mass is 442 g/mol. The standard InChI is InChI=1S/C27H26N2O2S/c1-4-31-16-15-29-27(30)23-13-14-25(19(2)17-23)32-26-8-6-5-7-24(26)20(3)22-11-9-21(18-28)10-12-22/h5-14,17H,3-4,15-16H2,1-2H3,(H,29,30). The maximum Gasteiger partial charge on any atom is 0.251 e. The molecule has 1 amide bonds. The largest absolute Gasteiger partial charge is 0.380 e. The average molecular weight is 443 g/mol. The zero-order chi connectivity index (χ0) is 22.9. The van der Waals surface area contributed by atoms with Gasteiger partial charge in [0.1, 0.15) is 0 Å². The lowest BCUT2D eigenvalue weighted by Crippen LogP contribution is -2.27. The van der Waals surface area contributed by atoms with E-state index in [1.807, 2.05) is 56.3 Å². The van der Waals surface area contributed by atoms with Crippen LogP contribution in [0.15, 0.2) is 83.1 Å². The van der Waals surface area contributed by atoms with Gasteiger partial charge in [-0.3, -0.25) is 4.79 Å². The highest BCUT2D eigenvalue weighted by atomic mass is 32.2. The number of amides is 1. The molecule has 0 radical (unpaired) electrons. The number of hydrogen-bond acceptors (Lipinski definition) is 4. The van der Waals surface area contributed by atoms with Crippen molar-refractivity contribution in [1.29, 1.82) is 5.26 Å². The third-order valence-corrected chi connectivity index (χ3v) is 6.22. The number of aryl methyl sites for hydroxylation is 1. The van der Waals surface area contributed by atoms with Gasteiger partial charge >= 0.3 is 0 Å². The number of benzene rings is 3. The molecule has 5 heteroatoms. The van der Waals surface area contributed by atoms with Crippen molar-refractivity contribution in [3.05, 3.63) is 101 Å². The Balaban J connectivity index is 1.77. The molecule has 32 heavy (non-hydrogen) atoms. The van der Waals surface area contributed by atoms with Crippen molar-refractivity contribution in [1.82, 2.24) is 5.32 Å². The smallest absolute Gasteiger partial charge is 0.251 e. The highest BCUT2D eigenvalue weighted by molar-refractivity contribution is 7.99. The lowest BCUT2D eigenvalue weighted by atomic mass is 9.99.